The van der Waals surface area contributed by atoms with Gasteiger partial charge in [-0.25, -0.2) is 14.8 Å². The molecule has 11 heteroatoms. The van der Waals surface area contributed by atoms with E-state index >= 15 is 0 Å². The largest absolute Gasteiger partial charge is 0.493 e. The van der Waals surface area contributed by atoms with Crippen molar-refractivity contribution >= 4 is 11.8 Å². The molecule has 7 bridgehead atoms. The number of carbonyl (C=O) groups excluding carboxylic acids is 1. The van der Waals surface area contributed by atoms with Crippen molar-refractivity contribution in [3.63, 3.8) is 0 Å². The van der Waals surface area contributed by atoms with Crippen LogP contribution in [0.5, 0.6) is 46.0 Å². The van der Waals surface area contributed by atoms with Crippen LogP contribution in [0.15, 0.2) is 54.6 Å². The number of carbonyl (C=O) groups is 1. The van der Waals surface area contributed by atoms with Crippen LogP contribution in [0.25, 0.3) is 0 Å². The average Bonchev–Trinajstić information content (AvgIpc) is 3.17. The molecule has 5 aliphatic rings. The van der Waals surface area contributed by atoms with E-state index in [4.69, 9.17) is 33.2 Å². The second-order valence-electron chi connectivity index (χ2n) is 15.0. The van der Waals surface area contributed by atoms with E-state index in [2.05, 4.69) is 48.1 Å². The minimum Gasteiger partial charge on any atom is -0.493 e. The number of anilines is 1. The van der Waals surface area contributed by atoms with E-state index in [1.54, 1.807) is 33.4 Å². The van der Waals surface area contributed by atoms with Crippen LogP contribution in [0, 0.1) is 5.92 Å². The van der Waals surface area contributed by atoms with Gasteiger partial charge in [0.25, 0.3) is 0 Å². The summed E-state index contributed by atoms with van der Waals surface area (Å²) in [4.78, 5) is 16.6. The lowest BCUT2D eigenvalue weighted by Crippen LogP contribution is -2.55. The highest BCUT2D eigenvalue weighted by molar-refractivity contribution is 5.89. The molecule has 5 aliphatic heterocycles. The van der Waals surface area contributed by atoms with Gasteiger partial charge < -0.3 is 33.2 Å². The third kappa shape index (κ3) is 6.03. The molecule has 0 N–H and O–H groups in total. The molecule has 0 saturated heterocycles. The lowest BCUT2D eigenvalue weighted by molar-refractivity contribution is 0.0946. The monoisotopic (exact) mass is 735 g/mol. The summed E-state index contributed by atoms with van der Waals surface area (Å²) in [5.74, 6) is 4.83. The first-order chi connectivity index (χ1) is 26.1. The Morgan fingerprint density at radius 1 is 0.815 bits per heavy atom. The van der Waals surface area contributed by atoms with E-state index in [1.165, 1.54) is 16.7 Å². The van der Waals surface area contributed by atoms with Gasteiger partial charge >= 0.3 is 6.09 Å². The first-order valence-corrected chi connectivity index (χ1v) is 18.7. The van der Waals surface area contributed by atoms with Crippen LogP contribution in [0.3, 0.4) is 0 Å². The van der Waals surface area contributed by atoms with Crippen LogP contribution in [-0.2, 0) is 24.0 Å². The Labute approximate surface area is 317 Å². The Morgan fingerprint density at radius 3 is 2.20 bits per heavy atom. The number of rotatable bonds is 6. The van der Waals surface area contributed by atoms with Gasteiger partial charge in [0.1, 0.15) is 5.75 Å². The van der Waals surface area contributed by atoms with Crippen molar-refractivity contribution in [2.24, 2.45) is 5.92 Å². The molecule has 5 heterocycles. The standard InChI is InChI=1S/C43H49N3O8/c1-24(2)23-52-43(47)46-32-22-35(49-6)36-20-29(32)17-33-39-28(14-16-45(33)46)19-38(50-7)41(51-8)42(39)54-37-21-31-27(18-34(37)48-5)13-15-44(4)40(31)25(3)26-9-11-30(53-36)12-10-26/h9-12,18-22,24-25,33,40H,13-17,23H2,1-8H3/t25-,33-,40-/m0/s1. The van der Waals surface area contributed by atoms with Crippen molar-refractivity contribution < 1.29 is 38.0 Å². The van der Waals surface area contributed by atoms with Crippen LogP contribution >= 0.6 is 0 Å². The molecule has 3 atom stereocenters. The Balaban J connectivity index is 1.40. The van der Waals surface area contributed by atoms with Crippen LogP contribution < -0.4 is 33.4 Å². The molecule has 4 aromatic rings. The molecule has 0 spiro atoms. The zero-order valence-electron chi connectivity index (χ0n) is 32.4. The summed E-state index contributed by atoms with van der Waals surface area (Å²) < 4.78 is 43.6. The number of benzene rings is 4. The lowest BCUT2D eigenvalue weighted by Gasteiger charge is -2.47. The molecule has 4 aromatic carbocycles. The summed E-state index contributed by atoms with van der Waals surface area (Å²) in [7, 11) is 8.74. The predicted octanol–water partition coefficient (Wildman–Crippen LogP) is 8.62. The van der Waals surface area contributed by atoms with Gasteiger partial charge in [0, 0.05) is 36.7 Å². The van der Waals surface area contributed by atoms with Gasteiger partial charge in [0.15, 0.2) is 34.5 Å². The first kappa shape index (κ1) is 35.9. The minimum atomic E-state index is -0.463. The van der Waals surface area contributed by atoms with E-state index in [0.29, 0.717) is 71.1 Å². The van der Waals surface area contributed by atoms with Gasteiger partial charge in [0.05, 0.1) is 46.8 Å². The third-order valence-corrected chi connectivity index (χ3v) is 11.3. The van der Waals surface area contributed by atoms with E-state index in [1.807, 2.05) is 44.2 Å². The van der Waals surface area contributed by atoms with Gasteiger partial charge in [-0.2, -0.15) is 0 Å². The highest BCUT2D eigenvalue weighted by Gasteiger charge is 2.44. The number of ether oxygens (including phenoxy) is 7. The normalized spacial score (nSPS) is 20.1. The molecule has 0 saturated carbocycles. The van der Waals surface area contributed by atoms with Gasteiger partial charge in [0.2, 0.25) is 5.75 Å². The van der Waals surface area contributed by atoms with E-state index < -0.39 is 6.09 Å². The number of methoxy groups -OCH3 is 4. The maximum Gasteiger partial charge on any atom is 0.429 e. The van der Waals surface area contributed by atoms with Crippen molar-refractivity contribution in [2.75, 3.05) is 60.2 Å². The minimum absolute atomic E-state index is 0.0724. The molecule has 9 rings (SSSR count). The van der Waals surface area contributed by atoms with Crippen molar-refractivity contribution in [3.8, 4) is 46.0 Å². The number of amides is 1. The molecule has 284 valence electrons. The van der Waals surface area contributed by atoms with Crippen LogP contribution in [-0.4, -0.2) is 71.2 Å². The van der Waals surface area contributed by atoms with Crippen LogP contribution in [0.1, 0.15) is 72.2 Å². The lowest BCUT2D eigenvalue weighted by atomic mass is 9.82. The summed E-state index contributed by atoms with van der Waals surface area (Å²) in [6, 6.07) is 18.2. The summed E-state index contributed by atoms with van der Waals surface area (Å²) in [5.41, 5.74) is 7.13. The van der Waals surface area contributed by atoms with Gasteiger partial charge in [-0.05, 0) is 96.4 Å². The maximum atomic E-state index is 14.2. The summed E-state index contributed by atoms with van der Waals surface area (Å²) in [6.45, 7) is 8.05. The highest BCUT2D eigenvalue weighted by Crippen LogP contribution is 2.55. The Morgan fingerprint density at radius 2 is 1.50 bits per heavy atom. The zero-order valence-corrected chi connectivity index (χ0v) is 32.4. The molecule has 0 unspecified atom stereocenters. The third-order valence-electron chi connectivity index (χ3n) is 11.3. The smallest absolute Gasteiger partial charge is 0.429 e. The number of hydrogen-bond donors (Lipinski definition) is 0. The number of hydrazine groups is 1. The van der Waals surface area contributed by atoms with Crippen molar-refractivity contribution in [3.05, 3.63) is 88.0 Å². The fourth-order valence-electron chi connectivity index (χ4n) is 8.66. The van der Waals surface area contributed by atoms with Crippen molar-refractivity contribution in [1.29, 1.82) is 0 Å². The summed E-state index contributed by atoms with van der Waals surface area (Å²) in [5, 5.41) is 3.75. The predicted molar refractivity (Wildman–Crippen MR) is 205 cm³/mol. The van der Waals surface area contributed by atoms with Crippen LogP contribution in [0.2, 0.25) is 0 Å². The highest BCUT2D eigenvalue weighted by atomic mass is 16.6. The second kappa shape index (κ2) is 14.3. The molecular formula is C43H49N3O8. The van der Waals surface area contributed by atoms with Gasteiger partial charge in [-0.15, -0.1) is 0 Å². The molecule has 11 nitrogen and oxygen atoms in total. The average molecular weight is 736 g/mol. The molecule has 0 aromatic heterocycles. The Kier molecular flexibility index (Phi) is 9.48. The van der Waals surface area contributed by atoms with E-state index in [9.17, 15) is 4.79 Å². The van der Waals surface area contributed by atoms with Crippen molar-refractivity contribution in [1.82, 2.24) is 9.91 Å². The number of hydrogen-bond acceptors (Lipinski definition) is 10. The number of nitrogens with zero attached hydrogens (tertiary/aromatic N) is 3. The Hall–Kier alpha value is -5.13. The molecule has 0 radical (unpaired) electrons. The molecular weight excluding hydrogens is 686 g/mol. The van der Waals surface area contributed by atoms with Gasteiger partial charge in [-0.1, -0.05) is 32.9 Å². The van der Waals surface area contributed by atoms with Crippen LogP contribution in [0.4, 0.5) is 10.5 Å². The first-order valence-electron chi connectivity index (χ1n) is 18.7. The second-order valence-corrected chi connectivity index (χ2v) is 15.0. The fraction of sp³-hybridized carbons (Fsp3) is 0.419. The molecule has 54 heavy (non-hydrogen) atoms. The fourth-order valence-corrected chi connectivity index (χ4v) is 8.66. The van der Waals surface area contributed by atoms with Gasteiger partial charge in [-0.3, -0.25) is 4.90 Å². The van der Waals surface area contributed by atoms with E-state index in [0.717, 1.165) is 29.7 Å². The van der Waals surface area contributed by atoms with Crippen molar-refractivity contribution in [2.45, 2.75) is 58.0 Å². The topological polar surface area (TPSA) is 91.4 Å². The summed E-state index contributed by atoms with van der Waals surface area (Å²) >= 11 is 0. The zero-order chi connectivity index (χ0) is 37.8. The number of likely N-dealkylation sites (N-methyl/N-ethyl adjacent to an activating group) is 1. The van der Waals surface area contributed by atoms with E-state index in [-0.39, 0.29) is 30.5 Å². The maximum absolute atomic E-state index is 14.2. The molecule has 1 amide bonds. The molecule has 0 fully saturated rings. The Bertz CT molecular complexity index is 2080. The quantitative estimate of drug-likeness (QED) is 0.192. The summed E-state index contributed by atoms with van der Waals surface area (Å²) in [6.07, 6.45) is 1.58. The molecule has 0 aliphatic carbocycles. The number of fused-ring (bicyclic) bond motifs is 2. The SMILES string of the molecule is COc1cc2c3cc1Oc1ccc(cc1)[C@H](C)[C@H]1c4cc(c(OC)cc4CCN1C)Oc1c(OC)c(OC)cc4c1[C@H](C3)N(CC4)N2C(=O)OCC(C)C.